The maximum atomic E-state index is 12.0. The lowest BCUT2D eigenvalue weighted by molar-refractivity contribution is -0.142. The Hall–Kier alpha value is -1.87. The molecule has 1 unspecified atom stereocenters. The maximum absolute atomic E-state index is 12.0. The van der Waals surface area contributed by atoms with E-state index in [4.69, 9.17) is 9.52 Å². The fraction of sp³-hybridized carbons (Fsp3) is 0.571. The molecule has 1 amide bonds. The second kappa shape index (κ2) is 7.60. The summed E-state index contributed by atoms with van der Waals surface area (Å²) >= 11 is 0. The molecule has 0 saturated carbocycles. The lowest BCUT2D eigenvalue weighted by atomic mass is 9.97. The van der Waals surface area contributed by atoms with Crippen molar-refractivity contribution in [2.75, 3.05) is 20.6 Å². The van der Waals surface area contributed by atoms with E-state index < -0.39 is 27.8 Å². The smallest absolute Gasteiger partial charge is 0.308 e. The first-order valence-corrected chi connectivity index (χ1v) is 8.53. The van der Waals surface area contributed by atoms with Crippen molar-refractivity contribution in [3.05, 3.63) is 17.9 Å². The fourth-order valence-corrected chi connectivity index (χ4v) is 2.70. The van der Waals surface area contributed by atoms with Crippen molar-refractivity contribution < 1.29 is 27.5 Å². The van der Waals surface area contributed by atoms with Crippen LogP contribution < -0.4 is 5.32 Å². The summed E-state index contributed by atoms with van der Waals surface area (Å²) in [4.78, 5) is 23.1. The molecule has 0 aliphatic rings. The number of aliphatic carboxylic acids is 1. The van der Waals surface area contributed by atoms with Crippen LogP contribution >= 0.6 is 0 Å². The van der Waals surface area contributed by atoms with Crippen LogP contribution in [0, 0.1) is 11.8 Å². The maximum Gasteiger partial charge on any atom is 0.308 e. The van der Waals surface area contributed by atoms with E-state index in [1.807, 2.05) is 13.8 Å². The van der Waals surface area contributed by atoms with Gasteiger partial charge in [0.05, 0.1) is 5.92 Å². The van der Waals surface area contributed by atoms with Crippen LogP contribution in [-0.2, 0) is 14.8 Å². The molecule has 0 saturated heterocycles. The molecule has 0 radical (unpaired) electrons. The summed E-state index contributed by atoms with van der Waals surface area (Å²) in [6, 6.07) is 2.43. The van der Waals surface area contributed by atoms with Crippen molar-refractivity contribution in [3.63, 3.8) is 0 Å². The van der Waals surface area contributed by atoms with Crippen LogP contribution in [0.1, 0.15) is 30.8 Å². The van der Waals surface area contributed by atoms with Gasteiger partial charge in [-0.15, -0.1) is 0 Å². The summed E-state index contributed by atoms with van der Waals surface area (Å²) in [5.74, 6) is -2.36. The summed E-state index contributed by atoms with van der Waals surface area (Å²) < 4.78 is 29.8. The van der Waals surface area contributed by atoms with Crippen LogP contribution in [0.4, 0.5) is 0 Å². The van der Waals surface area contributed by atoms with Gasteiger partial charge in [-0.3, -0.25) is 9.59 Å². The number of carboxylic acids is 1. The molecular weight excluding hydrogens is 324 g/mol. The van der Waals surface area contributed by atoms with Gasteiger partial charge in [-0.25, -0.2) is 12.7 Å². The van der Waals surface area contributed by atoms with Gasteiger partial charge in [-0.2, -0.15) is 0 Å². The normalized spacial score (nSPS) is 13.3. The van der Waals surface area contributed by atoms with E-state index >= 15 is 0 Å². The minimum Gasteiger partial charge on any atom is -0.481 e. The molecule has 9 heteroatoms. The first-order valence-electron chi connectivity index (χ1n) is 7.09. The van der Waals surface area contributed by atoms with Crippen LogP contribution in [-0.4, -0.2) is 50.3 Å². The van der Waals surface area contributed by atoms with Gasteiger partial charge in [0.1, 0.15) is 0 Å². The van der Waals surface area contributed by atoms with Crippen molar-refractivity contribution in [2.45, 2.75) is 25.4 Å². The Balaban J connectivity index is 2.76. The molecule has 0 bridgehead atoms. The average Bonchev–Trinajstić information content (AvgIpc) is 2.92. The van der Waals surface area contributed by atoms with Gasteiger partial charge in [0.25, 0.3) is 15.9 Å². The molecule has 8 nitrogen and oxygen atoms in total. The summed E-state index contributed by atoms with van der Waals surface area (Å²) in [5, 5.41) is 11.2. The highest BCUT2D eigenvalue weighted by Gasteiger charge is 2.24. The quantitative estimate of drug-likeness (QED) is 0.725. The predicted octanol–water partition coefficient (Wildman–Crippen LogP) is 1.01. The van der Waals surface area contributed by atoms with Gasteiger partial charge < -0.3 is 14.8 Å². The van der Waals surface area contributed by atoms with E-state index in [1.54, 1.807) is 0 Å². The Bertz CT molecular complexity index is 663. The number of carbonyl (C=O) groups is 2. The highest BCUT2D eigenvalue weighted by molar-refractivity contribution is 7.88. The van der Waals surface area contributed by atoms with Crippen LogP contribution in [0.25, 0.3) is 0 Å². The number of furan rings is 1. The minimum absolute atomic E-state index is 0.0528. The number of hydrogen-bond acceptors (Lipinski definition) is 5. The molecule has 1 atom stereocenters. The second-order valence-electron chi connectivity index (χ2n) is 5.78. The first kappa shape index (κ1) is 19.2. The number of nitrogens with zero attached hydrogens (tertiary/aromatic N) is 1. The molecule has 23 heavy (non-hydrogen) atoms. The molecule has 1 heterocycles. The molecular formula is C14H22N2O6S. The van der Waals surface area contributed by atoms with Crippen LogP contribution in [0.15, 0.2) is 21.6 Å². The molecule has 1 aromatic heterocycles. The summed E-state index contributed by atoms with van der Waals surface area (Å²) in [7, 11) is -1.06. The van der Waals surface area contributed by atoms with E-state index in [2.05, 4.69) is 5.32 Å². The summed E-state index contributed by atoms with van der Waals surface area (Å²) in [5.41, 5.74) is 0. The second-order valence-corrected chi connectivity index (χ2v) is 7.86. The average molecular weight is 346 g/mol. The monoisotopic (exact) mass is 346 g/mol. The Morgan fingerprint density at radius 1 is 1.30 bits per heavy atom. The van der Waals surface area contributed by atoms with E-state index in [9.17, 15) is 18.0 Å². The molecule has 130 valence electrons. The molecule has 0 aliphatic heterocycles. The first-order chi connectivity index (χ1) is 10.6. The number of nitrogens with one attached hydrogen (secondary N) is 1. The zero-order valence-corrected chi connectivity index (χ0v) is 14.4. The molecule has 0 spiro atoms. The Labute approximate surface area is 135 Å². The number of rotatable bonds is 8. The van der Waals surface area contributed by atoms with Gasteiger partial charge >= 0.3 is 5.97 Å². The third kappa shape index (κ3) is 5.07. The van der Waals surface area contributed by atoms with Crippen LogP contribution in [0.5, 0.6) is 0 Å². The highest BCUT2D eigenvalue weighted by atomic mass is 32.2. The Kier molecular flexibility index (Phi) is 6.34. The SMILES string of the molecule is CC(C)CC(CNC(=O)c1ccc(S(=O)(=O)N(C)C)o1)C(=O)O. The van der Waals surface area contributed by atoms with Gasteiger partial charge in [0.2, 0.25) is 5.09 Å². The van der Waals surface area contributed by atoms with E-state index in [0.717, 1.165) is 4.31 Å². The molecule has 0 aliphatic carbocycles. The third-order valence-electron chi connectivity index (χ3n) is 3.15. The largest absolute Gasteiger partial charge is 0.481 e. The lowest BCUT2D eigenvalue weighted by Crippen LogP contribution is -2.33. The van der Waals surface area contributed by atoms with Crippen molar-refractivity contribution in [3.8, 4) is 0 Å². The van der Waals surface area contributed by atoms with Crippen molar-refractivity contribution in [1.82, 2.24) is 9.62 Å². The van der Waals surface area contributed by atoms with Gasteiger partial charge in [0.15, 0.2) is 5.76 Å². The molecule has 2 N–H and O–H groups in total. The number of carboxylic acid groups (broad SMARTS) is 1. The fourth-order valence-electron chi connectivity index (χ4n) is 1.90. The van der Waals surface area contributed by atoms with Gasteiger partial charge in [-0.05, 0) is 24.5 Å². The zero-order valence-electron chi connectivity index (χ0n) is 13.6. The number of carbonyl (C=O) groups excluding carboxylic acids is 1. The highest BCUT2D eigenvalue weighted by Crippen LogP contribution is 2.17. The topological polar surface area (TPSA) is 117 Å². The molecule has 0 fully saturated rings. The summed E-state index contributed by atoms with van der Waals surface area (Å²) in [6.45, 7) is 3.73. The number of amides is 1. The zero-order chi connectivity index (χ0) is 17.8. The number of hydrogen-bond donors (Lipinski definition) is 2. The van der Waals surface area contributed by atoms with E-state index in [-0.39, 0.29) is 23.3 Å². The van der Waals surface area contributed by atoms with E-state index in [0.29, 0.717) is 6.42 Å². The van der Waals surface area contributed by atoms with Crippen molar-refractivity contribution in [2.24, 2.45) is 11.8 Å². The Morgan fingerprint density at radius 3 is 2.39 bits per heavy atom. The minimum atomic E-state index is -3.76. The predicted molar refractivity (Wildman–Crippen MR) is 82.5 cm³/mol. The number of sulfonamides is 1. The molecule has 1 rings (SSSR count). The molecule has 0 aromatic carbocycles. The van der Waals surface area contributed by atoms with Crippen LogP contribution in [0.2, 0.25) is 0 Å². The van der Waals surface area contributed by atoms with Gasteiger partial charge in [-0.1, -0.05) is 13.8 Å². The Morgan fingerprint density at radius 2 is 1.91 bits per heavy atom. The van der Waals surface area contributed by atoms with Gasteiger partial charge in [0, 0.05) is 20.6 Å². The van der Waals surface area contributed by atoms with E-state index in [1.165, 1.54) is 26.2 Å². The molecule has 1 aromatic rings. The lowest BCUT2D eigenvalue weighted by Gasteiger charge is -2.14. The van der Waals surface area contributed by atoms with Crippen molar-refractivity contribution in [1.29, 1.82) is 0 Å². The third-order valence-corrected chi connectivity index (χ3v) is 4.84. The summed E-state index contributed by atoms with van der Waals surface area (Å²) in [6.07, 6.45) is 0.425. The van der Waals surface area contributed by atoms with Crippen molar-refractivity contribution >= 4 is 21.9 Å². The van der Waals surface area contributed by atoms with Crippen LogP contribution in [0.3, 0.4) is 0 Å². The standard InChI is InChI=1S/C14H22N2O6S/c1-9(2)7-10(14(18)19)8-15-13(17)11-5-6-12(22-11)23(20,21)16(3)4/h5-6,9-10H,7-8H2,1-4H3,(H,15,17)(H,18,19).